The average Bonchev–Trinajstić information content (AvgIpc) is 3.35. The molecule has 3 aromatic rings. The van der Waals surface area contributed by atoms with E-state index >= 15 is 0 Å². The maximum atomic E-state index is 13.2. The first-order valence-electron chi connectivity index (χ1n) is 10.3. The van der Waals surface area contributed by atoms with Gasteiger partial charge in [-0.05, 0) is 24.6 Å². The van der Waals surface area contributed by atoms with Gasteiger partial charge in [0.05, 0.1) is 11.2 Å². The van der Waals surface area contributed by atoms with Crippen molar-refractivity contribution in [3.63, 3.8) is 0 Å². The molecule has 0 aliphatic carbocycles. The summed E-state index contributed by atoms with van der Waals surface area (Å²) in [7, 11) is -2.21. The molecule has 2 aromatic heterocycles. The molecule has 3 heterocycles. The Balaban J connectivity index is 1.59. The topological polar surface area (TPSA) is 143 Å². The minimum atomic E-state index is -3.91. The summed E-state index contributed by atoms with van der Waals surface area (Å²) in [4.78, 5) is 12.6. The van der Waals surface area contributed by atoms with Gasteiger partial charge in [-0.2, -0.15) is 4.31 Å². The van der Waals surface area contributed by atoms with Crippen molar-refractivity contribution in [3.05, 3.63) is 41.4 Å². The molecule has 0 spiro atoms. The predicted octanol–water partition coefficient (Wildman–Crippen LogP) is 1.16. The number of aromatic nitrogens is 4. The molecule has 0 saturated carbocycles. The third-order valence-corrected chi connectivity index (χ3v) is 8.07. The maximum absolute atomic E-state index is 13.2. The van der Waals surface area contributed by atoms with Gasteiger partial charge in [-0.25, -0.2) is 23.4 Å². The lowest BCUT2D eigenvalue weighted by Crippen LogP contribution is -2.42. The number of hydrogen-bond donors (Lipinski definition) is 3. The second-order valence-corrected chi connectivity index (χ2v) is 10.1. The van der Waals surface area contributed by atoms with Gasteiger partial charge >= 0.3 is 0 Å². The van der Waals surface area contributed by atoms with Gasteiger partial charge in [-0.3, -0.25) is 4.57 Å². The number of hydrogen-bond acceptors (Lipinski definition) is 9. The van der Waals surface area contributed by atoms with E-state index in [2.05, 4.69) is 20.3 Å². The number of rotatable bonds is 7. The van der Waals surface area contributed by atoms with Gasteiger partial charge in [0.25, 0.3) is 0 Å². The molecule has 0 bridgehead atoms. The molecule has 0 unspecified atom stereocenters. The van der Waals surface area contributed by atoms with Crippen LogP contribution in [0.4, 0.5) is 5.82 Å². The molecule has 11 nitrogen and oxygen atoms in total. The minimum absolute atomic E-state index is 0.0430. The van der Waals surface area contributed by atoms with Gasteiger partial charge < -0.3 is 20.3 Å². The van der Waals surface area contributed by atoms with Gasteiger partial charge in [-0.15, -0.1) is 0 Å². The van der Waals surface area contributed by atoms with Crippen molar-refractivity contribution in [1.82, 2.24) is 23.8 Å². The van der Waals surface area contributed by atoms with E-state index in [0.29, 0.717) is 22.0 Å². The Kier molecular flexibility index (Phi) is 6.58. The van der Waals surface area contributed by atoms with Crippen molar-refractivity contribution < 1.29 is 23.4 Å². The highest BCUT2D eigenvalue weighted by molar-refractivity contribution is 7.89. The second kappa shape index (κ2) is 9.12. The van der Waals surface area contributed by atoms with Crippen LogP contribution in [-0.4, -0.2) is 80.9 Å². The average molecular weight is 497 g/mol. The van der Waals surface area contributed by atoms with Crippen molar-refractivity contribution >= 4 is 38.6 Å². The van der Waals surface area contributed by atoms with E-state index in [1.54, 1.807) is 27.0 Å². The Morgan fingerprint density at radius 2 is 2.00 bits per heavy atom. The lowest BCUT2D eigenvalue weighted by Gasteiger charge is -2.25. The van der Waals surface area contributed by atoms with Crippen LogP contribution in [0.25, 0.3) is 11.2 Å². The quantitative estimate of drug-likeness (QED) is 0.439. The lowest BCUT2D eigenvalue weighted by atomic mass is 10.1. The van der Waals surface area contributed by atoms with Crippen molar-refractivity contribution in [1.29, 1.82) is 0 Å². The van der Waals surface area contributed by atoms with Crippen molar-refractivity contribution in [3.8, 4) is 0 Å². The molecule has 1 fully saturated rings. The summed E-state index contributed by atoms with van der Waals surface area (Å²) in [6, 6.07) is 4.52. The maximum Gasteiger partial charge on any atom is 0.243 e. The zero-order valence-corrected chi connectivity index (χ0v) is 19.8. The second-order valence-electron chi connectivity index (χ2n) is 7.71. The molecule has 3 N–H and O–H groups in total. The lowest BCUT2D eigenvalue weighted by molar-refractivity contribution is -0.0384. The number of ether oxygens (including phenoxy) is 1. The zero-order valence-electron chi connectivity index (χ0n) is 18.3. The Labute approximate surface area is 196 Å². The molecule has 0 radical (unpaired) electrons. The molecular weight excluding hydrogens is 472 g/mol. The summed E-state index contributed by atoms with van der Waals surface area (Å²) < 4.78 is 35.0. The van der Waals surface area contributed by atoms with Crippen LogP contribution in [0, 0.1) is 6.92 Å². The van der Waals surface area contributed by atoms with E-state index in [9.17, 15) is 18.6 Å². The van der Waals surface area contributed by atoms with E-state index in [0.717, 1.165) is 5.56 Å². The highest BCUT2D eigenvalue weighted by atomic mass is 35.5. The van der Waals surface area contributed by atoms with Gasteiger partial charge in [0.2, 0.25) is 10.0 Å². The number of anilines is 1. The third-order valence-electron chi connectivity index (χ3n) is 5.72. The third kappa shape index (κ3) is 4.18. The van der Waals surface area contributed by atoms with Gasteiger partial charge in [0, 0.05) is 25.2 Å². The number of imidazole rings is 1. The number of aliphatic hydroxyl groups is 2. The van der Waals surface area contributed by atoms with Crippen LogP contribution in [0.1, 0.15) is 18.7 Å². The molecule has 13 heteroatoms. The van der Waals surface area contributed by atoms with Crippen molar-refractivity contribution in [2.45, 2.75) is 43.3 Å². The number of nitrogens with zero attached hydrogens (tertiary/aromatic N) is 5. The van der Waals surface area contributed by atoms with E-state index in [4.69, 9.17) is 16.3 Å². The van der Waals surface area contributed by atoms with Crippen LogP contribution in [0.5, 0.6) is 0 Å². The monoisotopic (exact) mass is 496 g/mol. The first kappa shape index (κ1) is 23.8. The smallest absolute Gasteiger partial charge is 0.243 e. The summed E-state index contributed by atoms with van der Waals surface area (Å²) in [5.74, 6) is 0.503. The number of benzene rings is 1. The van der Waals surface area contributed by atoms with Gasteiger partial charge in [-0.1, -0.05) is 24.6 Å². The van der Waals surface area contributed by atoms with Crippen LogP contribution < -0.4 is 5.32 Å². The van der Waals surface area contributed by atoms with Gasteiger partial charge in [0.1, 0.15) is 30.2 Å². The van der Waals surface area contributed by atoms with E-state index in [-0.39, 0.29) is 18.0 Å². The number of halogens is 1. The van der Waals surface area contributed by atoms with Crippen molar-refractivity contribution in [2.24, 2.45) is 0 Å². The molecule has 4 atom stereocenters. The first-order valence-corrected chi connectivity index (χ1v) is 12.1. The molecule has 1 aliphatic rings. The van der Waals surface area contributed by atoms with Gasteiger partial charge in [0.15, 0.2) is 17.7 Å². The molecule has 1 saturated heterocycles. The highest BCUT2D eigenvalue weighted by Crippen LogP contribution is 2.33. The van der Waals surface area contributed by atoms with Crippen LogP contribution in [-0.2, 0) is 14.8 Å². The fraction of sp³-hybridized carbons (Fsp3) is 0.450. The Morgan fingerprint density at radius 1 is 1.24 bits per heavy atom. The number of aliphatic hydroxyl groups excluding tert-OH is 2. The number of aryl methyl sites for hydroxylation is 1. The molecule has 1 aliphatic heterocycles. The first-order chi connectivity index (χ1) is 15.7. The predicted molar refractivity (Wildman–Crippen MR) is 121 cm³/mol. The normalized spacial score (nSPS) is 23.5. The number of sulfonamides is 1. The molecule has 178 valence electrons. The Bertz CT molecular complexity index is 1270. The van der Waals surface area contributed by atoms with E-state index < -0.39 is 34.6 Å². The number of fused-ring (bicyclic) bond motifs is 1. The van der Waals surface area contributed by atoms with E-state index in [1.807, 2.05) is 0 Å². The SMILES string of the molecule is CCN(C[C@H]1O[C@@H](n2cnc3c(NC)ncnc32)[C@H](O)[C@@H]1O)S(=O)(=O)c1ccc(C)c(Cl)c1. The van der Waals surface area contributed by atoms with Crippen molar-refractivity contribution in [2.75, 3.05) is 25.5 Å². The Hall–Kier alpha value is -2.35. The Morgan fingerprint density at radius 3 is 2.67 bits per heavy atom. The van der Waals surface area contributed by atoms with Crippen LogP contribution in [0.2, 0.25) is 5.02 Å². The molecule has 4 rings (SSSR count). The molecule has 1 aromatic carbocycles. The summed E-state index contributed by atoms with van der Waals surface area (Å²) in [5.41, 5.74) is 1.64. The number of nitrogens with one attached hydrogen (secondary N) is 1. The summed E-state index contributed by atoms with van der Waals surface area (Å²) in [6.45, 7) is 3.43. The number of likely N-dealkylation sites (N-methyl/N-ethyl adjacent to an activating group) is 1. The molecule has 33 heavy (non-hydrogen) atoms. The zero-order chi connectivity index (χ0) is 23.9. The largest absolute Gasteiger partial charge is 0.387 e. The fourth-order valence-corrected chi connectivity index (χ4v) is 5.55. The minimum Gasteiger partial charge on any atom is -0.387 e. The summed E-state index contributed by atoms with van der Waals surface area (Å²) in [6.07, 6.45) is -1.86. The molecule has 0 amide bonds. The highest BCUT2D eigenvalue weighted by Gasteiger charge is 2.46. The molecular formula is C20H25ClN6O5S. The summed E-state index contributed by atoms with van der Waals surface area (Å²) >= 11 is 6.12. The van der Waals surface area contributed by atoms with Crippen LogP contribution in [0.15, 0.2) is 35.7 Å². The fourth-order valence-electron chi connectivity index (χ4n) is 3.81. The van der Waals surface area contributed by atoms with Crippen LogP contribution in [0.3, 0.4) is 0 Å². The standard InChI is InChI=1S/C20H25ClN6O5S/c1-4-26(33(30,31)12-6-5-11(2)13(21)7-12)8-14-16(28)17(29)20(32-14)27-10-25-15-18(22-3)23-9-24-19(15)27/h5-7,9-10,14,16-17,20,28-29H,4,8H2,1-3H3,(H,22,23,24)/t14-,16-,17-,20-/m1/s1. The van der Waals surface area contributed by atoms with Crippen LogP contribution >= 0.6 is 11.6 Å². The summed E-state index contributed by atoms with van der Waals surface area (Å²) in [5, 5.41) is 24.6. The van der Waals surface area contributed by atoms with E-state index in [1.165, 1.54) is 33.7 Å².